The van der Waals surface area contributed by atoms with E-state index in [0.29, 0.717) is 25.9 Å². The van der Waals surface area contributed by atoms with E-state index in [-0.39, 0.29) is 5.91 Å². The quantitative estimate of drug-likeness (QED) is 0.589. The standard InChI is InChI=1S/C25H29N3O3/c29-24(26-31)23-18-20(17-19-7-3-1-4-8-19)11-12-22(23)25(30)28-15-13-27(14-16-28)21-9-5-2-6-10-21/h1-10,17,22-23,31H,11-16,18H2,(H,26,29)/t22-,23-/m0/s1. The van der Waals surface area contributed by atoms with Gasteiger partial charge in [-0.05, 0) is 37.0 Å². The summed E-state index contributed by atoms with van der Waals surface area (Å²) in [6.45, 7) is 2.84. The van der Waals surface area contributed by atoms with Gasteiger partial charge in [0.1, 0.15) is 0 Å². The second-order valence-electron chi connectivity index (χ2n) is 8.29. The normalized spacial score (nSPS) is 22.9. The molecule has 2 aliphatic rings. The van der Waals surface area contributed by atoms with E-state index in [4.69, 9.17) is 0 Å². The number of allylic oxidation sites excluding steroid dienone is 1. The monoisotopic (exact) mass is 419 g/mol. The van der Waals surface area contributed by atoms with Crippen LogP contribution in [-0.4, -0.2) is 48.1 Å². The van der Waals surface area contributed by atoms with E-state index in [1.54, 1.807) is 5.48 Å². The van der Waals surface area contributed by atoms with Crippen LogP contribution in [0.5, 0.6) is 0 Å². The van der Waals surface area contributed by atoms with Crippen LogP contribution in [0.4, 0.5) is 5.69 Å². The first kappa shape index (κ1) is 21.1. The molecule has 2 aromatic carbocycles. The van der Waals surface area contributed by atoms with Crippen LogP contribution in [0, 0.1) is 11.8 Å². The molecule has 2 atom stereocenters. The van der Waals surface area contributed by atoms with Crippen molar-refractivity contribution in [2.75, 3.05) is 31.1 Å². The smallest absolute Gasteiger partial charge is 0.247 e. The summed E-state index contributed by atoms with van der Waals surface area (Å²) in [6.07, 6.45) is 3.98. The second-order valence-corrected chi connectivity index (χ2v) is 8.29. The van der Waals surface area contributed by atoms with E-state index in [0.717, 1.165) is 30.6 Å². The minimum Gasteiger partial charge on any atom is -0.368 e. The number of hydroxylamine groups is 1. The van der Waals surface area contributed by atoms with Gasteiger partial charge in [0.15, 0.2) is 0 Å². The molecule has 1 saturated heterocycles. The van der Waals surface area contributed by atoms with Gasteiger partial charge in [-0.25, -0.2) is 5.48 Å². The van der Waals surface area contributed by atoms with Gasteiger partial charge in [-0.3, -0.25) is 14.8 Å². The molecule has 2 amide bonds. The summed E-state index contributed by atoms with van der Waals surface area (Å²) in [7, 11) is 0. The number of amides is 2. The van der Waals surface area contributed by atoms with Gasteiger partial charge in [-0.15, -0.1) is 0 Å². The van der Waals surface area contributed by atoms with Crippen molar-refractivity contribution in [3.05, 3.63) is 71.8 Å². The highest BCUT2D eigenvalue weighted by Crippen LogP contribution is 2.36. The molecule has 1 saturated carbocycles. The molecule has 1 aliphatic carbocycles. The number of nitrogens with zero attached hydrogens (tertiary/aromatic N) is 2. The molecule has 0 radical (unpaired) electrons. The highest BCUT2D eigenvalue weighted by Gasteiger charge is 2.39. The summed E-state index contributed by atoms with van der Waals surface area (Å²) in [4.78, 5) is 29.9. The van der Waals surface area contributed by atoms with Crippen molar-refractivity contribution in [2.24, 2.45) is 11.8 Å². The van der Waals surface area contributed by atoms with Gasteiger partial charge in [0.25, 0.3) is 0 Å². The van der Waals surface area contributed by atoms with Crippen LogP contribution in [0.25, 0.3) is 6.08 Å². The number of carbonyl (C=O) groups is 2. The Hall–Kier alpha value is -3.12. The third kappa shape index (κ3) is 4.97. The molecule has 2 aromatic rings. The summed E-state index contributed by atoms with van der Waals surface area (Å²) in [6, 6.07) is 20.2. The van der Waals surface area contributed by atoms with E-state index in [2.05, 4.69) is 23.1 Å². The Balaban J connectivity index is 1.42. The Morgan fingerprint density at radius 1 is 0.903 bits per heavy atom. The molecule has 31 heavy (non-hydrogen) atoms. The van der Waals surface area contributed by atoms with Crippen molar-refractivity contribution >= 4 is 23.6 Å². The van der Waals surface area contributed by atoms with Crippen molar-refractivity contribution in [3.63, 3.8) is 0 Å². The molecule has 6 heteroatoms. The highest BCUT2D eigenvalue weighted by atomic mass is 16.5. The Labute approximate surface area is 183 Å². The molecular formula is C25H29N3O3. The van der Waals surface area contributed by atoms with Crippen LogP contribution in [0.2, 0.25) is 0 Å². The number of para-hydroxylation sites is 1. The van der Waals surface area contributed by atoms with Crippen molar-refractivity contribution in [1.29, 1.82) is 0 Å². The number of anilines is 1. The minimum absolute atomic E-state index is 0.0278. The van der Waals surface area contributed by atoms with Crippen LogP contribution in [0.15, 0.2) is 66.2 Å². The largest absolute Gasteiger partial charge is 0.368 e. The average molecular weight is 420 g/mol. The number of hydrogen-bond acceptors (Lipinski definition) is 4. The fourth-order valence-corrected chi connectivity index (χ4v) is 4.70. The molecule has 0 aromatic heterocycles. The molecule has 6 nitrogen and oxygen atoms in total. The van der Waals surface area contributed by atoms with Gasteiger partial charge in [-0.1, -0.05) is 60.2 Å². The first-order valence-electron chi connectivity index (χ1n) is 10.9. The lowest BCUT2D eigenvalue weighted by Crippen LogP contribution is -2.52. The lowest BCUT2D eigenvalue weighted by Gasteiger charge is -2.40. The number of carbonyl (C=O) groups excluding carboxylic acids is 2. The zero-order valence-electron chi connectivity index (χ0n) is 17.6. The average Bonchev–Trinajstić information content (AvgIpc) is 2.84. The Kier molecular flexibility index (Phi) is 6.67. The summed E-state index contributed by atoms with van der Waals surface area (Å²) in [5.74, 6) is -1.39. The van der Waals surface area contributed by atoms with Crippen LogP contribution >= 0.6 is 0 Å². The molecule has 0 bridgehead atoms. The predicted octanol–water partition coefficient (Wildman–Crippen LogP) is 3.34. The van der Waals surface area contributed by atoms with E-state index >= 15 is 0 Å². The second kappa shape index (κ2) is 9.79. The summed E-state index contributed by atoms with van der Waals surface area (Å²) in [5, 5.41) is 9.28. The third-order valence-electron chi connectivity index (χ3n) is 6.39. The fourth-order valence-electron chi connectivity index (χ4n) is 4.70. The lowest BCUT2D eigenvalue weighted by atomic mass is 9.75. The first-order valence-corrected chi connectivity index (χ1v) is 10.9. The molecule has 1 aliphatic heterocycles. The molecule has 1 heterocycles. The zero-order chi connectivity index (χ0) is 21.6. The number of hydrogen-bond donors (Lipinski definition) is 2. The molecule has 162 valence electrons. The molecule has 2 fully saturated rings. The van der Waals surface area contributed by atoms with Crippen molar-refractivity contribution in [1.82, 2.24) is 10.4 Å². The minimum atomic E-state index is -0.548. The lowest BCUT2D eigenvalue weighted by molar-refractivity contribution is -0.146. The molecule has 0 spiro atoms. The van der Waals surface area contributed by atoms with Crippen LogP contribution in [-0.2, 0) is 9.59 Å². The van der Waals surface area contributed by atoms with Crippen molar-refractivity contribution in [3.8, 4) is 0 Å². The number of nitrogens with one attached hydrogen (secondary N) is 1. The van der Waals surface area contributed by atoms with Gasteiger partial charge in [0, 0.05) is 31.9 Å². The number of piperazine rings is 1. The summed E-state index contributed by atoms with van der Waals surface area (Å²) in [5.41, 5.74) is 5.18. The van der Waals surface area contributed by atoms with E-state index in [1.165, 1.54) is 5.69 Å². The molecule has 0 unspecified atom stereocenters. The maximum Gasteiger partial charge on any atom is 0.247 e. The SMILES string of the molecule is O=C(NO)[C@H]1CC(=Cc2ccccc2)CC[C@@H]1C(=O)N1CCN(c2ccccc2)CC1. The molecule has 4 rings (SSSR count). The van der Waals surface area contributed by atoms with Gasteiger partial charge < -0.3 is 9.80 Å². The van der Waals surface area contributed by atoms with Crippen molar-refractivity contribution in [2.45, 2.75) is 19.3 Å². The van der Waals surface area contributed by atoms with E-state index in [1.807, 2.05) is 53.4 Å². The molecule has 2 N–H and O–H groups in total. The maximum atomic E-state index is 13.3. The Bertz CT molecular complexity index is 922. The number of rotatable bonds is 4. The maximum absolute atomic E-state index is 13.3. The van der Waals surface area contributed by atoms with E-state index in [9.17, 15) is 14.8 Å². The predicted molar refractivity (Wildman–Crippen MR) is 120 cm³/mol. The van der Waals surface area contributed by atoms with Crippen LogP contribution < -0.4 is 10.4 Å². The van der Waals surface area contributed by atoms with Gasteiger partial charge in [0.2, 0.25) is 11.8 Å². The third-order valence-corrected chi connectivity index (χ3v) is 6.39. The zero-order valence-corrected chi connectivity index (χ0v) is 17.6. The Morgan fingerprint density at radius 3 is 2.19 bits per heavy atom. The first-order chi connectivity index (χ1) is 15.2. The highest BCUT2D eigenvalue weighted by molar-refractivity contribution is 5.88. The van der Waals surface area contributed by atoms with Gasteiger partial charge >= 0.3 is 0 Å². The fraction of sp³-hybridized carbons (Fsp3) is 0.360. The van der Waals surface area contributed by atoms with Gasteiger partial charge in [-0.2, -0.15) is 0 Å². The van der Waals surface area contributed by atoms with E-state index < -0.39 is 17.7 Å². The summed E-state index contributed by atoms with van der Waals surface area (Å²) < 4.78 is 0. The topological polar surface area (TPSA) is 72.9 Å². The van der Waals surface area contributed by atoms with Crippen LogP contribution in [0.1, 0.15) is 24.8 Å². The van der Waals surface area contributed by atoms with Gasteiger partial charge in [0.05, 0.1) is 11.8 Å². The molecular weight excluding hydrogens is 390 g/mol. The Morgan fingerprint density at radius 2 is 1.55 bits per heavy atom. The number of benzene rings is 2. The summed E-state index contributed by atoms with van der Waals surface area (Å²) >= 11 is 0. The van der Waals surface area contributed by atoms with Crippen LogP contribution in [0.3, 0.4) is 0 Å². The van der Waals surface area contributed by atoms with Crippen molar-refractivity contribution < 1.29 is 14.8 Å².